The van der Waals surface area contributed by atoms with Gasteiger partial charge in [0.15, 0.2) is 0 Å². The first-order chi connectivity index (χ1) is 16.1. The van der Waals surface area contributed by atoms with Gasteiger partial charge in [-0.1, -0.05) is 48.9 Å². The van der Waals surface area contributed by atoms with E-state index in [1.165, 1.54) is 11.4 Å². The molecule has 0 saturated carbocycles. The first-order valence-corrected chi connectivity index (χ1v) is 13.1. The fourth-order valence-corrected chi connectivity index (χ4v) is 4.88. The van der Waals surface area contributed by atoms with E-state index in [1.54, 1.807) is 36.2 Å². The molecule has 2 amide bonds. The van der Waals surface area contributed by atoms with Crippen LogP contribution >= 0.6 is 0 Å². The molecule has 2 rings (SSSR count). The lowest BCUT2D eigenvalue weighted by atomic mass is 10.1. The zero-order chi connectivity index (χ0) is 25.3. The number of carbonyl (C=O) groups is 2. The summed E-state index contributed by atoms with van der Waals surface area (Å²) in [4.78, 5) is 27.4. The molecule has 0 heterocycles. The summed E-state index contributed by atoms with van der Waals surface area (Å²) in [6.07, 6.45) is 1.98. The Morgan fingerprint density at radius 3 is 2.41 bits per heavy atom. The van der Waals surface area contributed by atoms with Crippen LogP contribution in [-0.4, -0.2) is 58.1 Å². The molecule has 0 saturated heterocycles. The zero-order valence-electron chi connectivity index (χ0n) is 20.6. The van der Waals surface area contributed by atoms with Gasteiger partial charge in [-0.15, -0.1) is 0 Å². The molecule has 0 spiro atoms. The number of amides is 2. The van der Waals surface area contributed by atoms with Crippen LogP contribution in [0.15, 0.2) is 48.5 Å². The van der Waals surface area contributed by atoms with Crippen LogP contribution in [0.1, 0.15) is 37.3 Å². The van der Waals surface area contributed by atoms with Gasteiger partial charge < -0.3 is 15.0 Å². The number of hydrogen-bond donors (Lipinski definition) is 1. The molecule has 34 heavy (non-hydrogen) atoms. The number of methoxy groups -OCH3 is 1. The molecule has 186 valence electrons. The van der Waals surface area contributed by atoms with Crippen LogP contribution in [0.3, 0.4) is 0 Å². The Balaban J connectivity index is 2.22. The van der Waals surface area contributed by atoms with Gasteiger partial charge in [-0.2, -0.15) is 0 Å². The third kappa shape index (κ3) is 7.21. The second-order valence-electron chi connectivity index (χ2n) is 8.16. The molecule has 1 atom stereocenters. The standard InChI is InChI=1S/C25H35N3O5S/c1-6-21(25(30)26-3)27(18-20-12-9-11-19(2)17-20)24(29)15-10-16-28(34(5,31)32)22-13-7-8-14-23(22)33-4/h7-9,11-14,17,21H,6,10,15-16,18H2,1-5H3,(H,26,30). The van der Waals surface area contributed by atoms with E-state index in [9.17, 15) is 18.0 Å². The predicted molar refractivity (Wildman–Crippen MR) is 134 cm³/mol. The maximum atomic E-state index is 13.3. The van der Waals surface area contributed by atoms with Crippen molar-refractivity contribution in [3.63, 3.8) is 0 Å². The van der Waals surface area contributed by atoms with Gasteiger partial charge >= 0.3 is 0 Å². The van der Waals surface area contributed by atoms with Crippen molar-refractivity contribution < 1.29 is 22.7 Å². The second kappa shape index (κ2) is 12.4. The Morgan fingerprint density at radius 1 is 1.12 bits per heavy atom. The van der Waals surface area contributed by atoms with E-state index in [0.29, 0.717) is 30.8 Å². The van der Waals surface area contributed by atoms with Crippen molar-refractivity contribution in [2.75, 3.05) is 31.3 Å². The smallest absolute Gasteiger partial charge is 0.242 e. The van der Waals surface area contributed by atoms with Gasteiger partial charge in [0.05, 0.1) is 19.1 Å². The molecular weight excluding hydrogens is 454 g/mol. The number of para-hydroxylation sites is 2. The van der Waals surface area contributed by atoms with Gasteiger partial charge in [-0.3, -0.25) is 13.9 Å². The highest BCUT2D eigenvalue weighted by atomic mass is 32.2. The summed E-state index contributed by atoms with van der Waals surface area (Å²) >= 11 is 0. The first-order valence-electron chi connectivity index (χ1n) is 11.3. The lowest BCUT2D eigenvalue weighted by molar-refractivity contribution is -0.141. The van der Waals surface area contributed by atoms with Crippen LogP contribution < -0.4 is 14.4 Å². The molecule has 0 aliphatic rings. The molecule has 0 aliphatic heterocycles. The molecule has 9 heteroatoms. The van der Waals surface area contributed by atoms with Gasteiger partial charge in [0.1, 0.15) is 11.8 Å². The summed E-state index contributed by atoms with van der Waals surface area (Å²) in [7, 11) is -0.561. The Kier molecular flexibility index (Phi) is 9.92. The highest BCUT2D eigenvalue weighted by Crippen LogP contribution is 2.29. The molecule has 0 aliphatic carbocycles. The van der Waals surface area contributed by atoms with Gasteiger partial charge in [0, 0.05) is 26.6 Å². The molecule has 0 aromatic heterocycles. The van der Waals surface area contributed by atoms with Crippen molar-refractivity contribution in [3.05, 3.63) is 59.7 Å². The third-order valence-electron chi connectivity index (χ3n) is 5.57. The second-order valence-corrected chi connectivity index (χ2v) is 10.1. The maximum Gasteiger partial charge on any atom is 0.242 e. The number of rotatable bonds is 12. The van der Waals surface area contributed by atoms with Gasteiger partial charge in [0.2, 0.25) is 21.8 Å². The number of nitrogens with one attached hydrogen (secondary N) is 1. The number of anilines is 1. The first kappa shape index (κ1) is 27.2. The van der Waals surface area contributed by atoms with Crippen molar-refractivity contribution in [1.29, 1.82) is 0 Å². The van der Waals surface area contributed by atoms with Gasteiger partial charge in [-0.25, -0.2) is 8.42 Å². The highest BCUT2D eigenvalue weighted by Gasteiger charge is 2.28. The highest BCUT2D eigenvalue weighted by molar-refractivity contribution is 7.92. The Labute approximate surface area is 202 Å². The Hall–Kier alpha value is -3.07. The topological polar surface area (TPSA) is 96.0 Å². The van der Waals surface area contributed by atoms with Crippen LogP contribution in [0.4, 0.5) is 5.69 Å². The average Bonchev–Trinajstić information content (AvgIpc) is 2.80. The number of ether oxygens (including phenoxy) is 1. The fourth-order valence-electron chi connectivity index (χ4n) is 3.91. The summed E-state index contributed by atoms with van der Waals surface area (Å²) in [5.41, 5.74) is 2.43. The SMILES string of the molecule is CCC(C(=O)NC)N(Cc1cccc(C)c1)C(=O)CCCN(c1ccccc1OC)S(C)(=O)=O. The molecule has 1 unspecified atom stereocenters. The Bertz CT molecular complexity index is 1090. The quantitative estimate of drug-likeness (QED) is 0.494. The third-order valence-corrected chi connectivity index (χ3v) is 6.75. The van der Waals surface area contributed by atoms with Crippen molar-refractivity contribution in [1.82, 2.24) is 10.2 Å². The van der Waals surface area contributed by atoms with E-state index in [-0.39, 0.29) is 24.8 Å². The molecular formula is C25H35N3O5S. The summed E-state index contributed by atoms with van der Waals surface area (Å²) in [6.45, 7) is 4.25. The van der Waals surface area contributed by atoms with E-state index in [4.69, 9.17) is 4.74 Å². The Morgan fingerprint density at radius 2 is 1.82 bits per heavy atom. The molecule has 1 N–H and O–H groups in total. The van der Waals surface area contributed by atoms with Crippen LogP contribution in [0, 0.1) is 6.92 Å². The number of carbonyl (C=O) groups excluding carboxylic acids is 2. The van der Waals surface area contributed by atoms with Crippen LogP contribution in [0.2, 0.25) is 0 Å². The number of sulfonamides is 1. The lowest BCUT2D eigenvalue weighted by Crippen LogP contribution is -2.48. The fraction of sp³-hybridized carbons (Fsp3) is 0.440. The molecule has 0 radical (unpaired) electrons. The van der Waals surface area contributed by atoms with Crippen LogP contribution in [0.25, 0.3) is 0 Å². The van der Waals surface area contributed by atoms with E-state index < -0.39 is 16.1 Å². The summed E-state index contributed by atoms with van der Waals surface area (Å²) in [5, 5.41) is 2.64. The number of aryl methyl sites for hydroxylation is 1. The largest absolute Gasteiger partial charge is 0.495 e. The average molecular weight is 490 g/mol. The van der Waals surface area contributed by atoms with Crippen LogP contribution in [0.5, 0.6) is 5.75 Å². The van der Waals surface area contributed by atoms with Crippen LogP contribution in [-0.2, 0) is 26.2 Å². The van der Waals surface area contributed by atoms with Crippen molar-refractivity contribution in [3.8, 4) is 5.75 Å². The minimum absolute atomic E-state index is 0.0977. The van der Waals surface area contributed by atoms with Crippen molar-refractivity contribution in [2.24, 2.45) is 0 Å². The van der Waals surface area contributed by atoms with Gasteiger partial charge in [-0.05, 0) is 37.5 Å². The zero-order valence-corrected chi connectivity index (χ0v) is 21.4. The summed E-state index contributed by atoms with van der Waals surface area (Å²) < 4.78 is 31.5. The summed E-state index contributed by atoms with van der Waals surface area (Å²) in [5.74, 6) is 0.00621. The monoisotopic (exact) mass is 489 g/mol. The number of hydrogen-bond acceptors (Lipinski definition) is 5. The molecule has 0 fully saturated rings. The summed E-state index contributed by atoms with van der Waals surface area (Å²) in [6, 6.07) is 14.1. The molecule has 2 aromatic rings. The number of benzene rings is 2. The minimum atomic E-state index is -3.60. The normalized spacial score (nSPS) is 12.0. The van der Waals surface area contributed by atoms with E-state index in [1.807, 2.05) is 38.1 Å². The number of likely N-dealkylation sites (N-methyl/N-ethyl adjacent to an activating group) is 1. The van der Waals surface area contributed by atoms with Crippen molar-refractivity contribution in [2.45, 2.75) is 45.7 Å². The predicted octanol–water partition coefficient (Wildman–Crippen LogP) is 3.10. The lowest BCUT2D eigenvalue weighted by Gasteiger charge is -2.31. The minimum Gasteiger partial charge on any atom is -0.495 e. The van der Waals surface area contributed by atoms with Gasteiger partial charge in [0.25, 0.3) is 0 Å². The molecule has 0 bridgehead atoms. The van der Waals surface area contributed by atoms with E-state index in [0.717, 1.165) is 17.4 Å². The molecule has 8 nitrogen and oxygen atoms in total. The van der Waals surface area contributed by atoms with Crippen molar-refractivity contribution >= 4 is 27.5 Å². The number of nitrogens with zero attached hydrogens (tertiary/aromatic N) is 2. The van der Waals surface area contributed by atoms with E-state index in [2.05, 4.69) is 5.32 Å². The van der Waals surface area contributed by atoms with E-state index >= 15 is 0 Å². The molecule has 2 aromatic carbocycles. The maximum absolute atomic E-state index is 13.3.